The van der Waals surface area contributed by atoms with Gasteiger partial charge in [0.25, 0.3) is 0 Å². The van der Waals surface area contributed by atoms with E-state index in [2.05, 4.69) is 11.8 Å². The second-order valence-corrected chi connectivity index (χ2v) is 6.30. The number of carbonyl (C=O) groups excluding carboxylic acids is 1. The molecular weight excluding hydrogens is 288 g/mol. The van der Waals surface area contributed by atoms with Gasteiger partial charge in [0, 0.05) is 38.2 Å². The quantitative estimate of drug-likeness (QED) is 0.711. The Balaban J connectivity index is 1.68. The van der Waals surface area contributed by atoms with Crippen molar-refractivity contribution >= 4 is 5.78 Å². The monoisotopic (exact) mass is 318 g/mol. The SMILES string of the molecule is CCCOC1CCN(CCCC(=O)c2ccccc2CN)CC1. The summed E-state index contributed by atoms with van der Waals surface area (Å²) in [4.78, 5) is 14.8. The number of hydrogen-bond acceptors (Lipinski definition) is 4. The average Bonchev–Trinajstić information content (AvgIpc) is 2.61. The van der Waals surface area contributed by atoms with Crippen LogP contribution in [0.3, 0.4) is 0 Å². The van der Waals surface area contributed by atoms with Gasteiger partial charge >= 0.3 is 0 Å². The third-order valence-electron chi connectivity index (χ3n) is 4.51. The summed E-state index contributed by atoms with van der Waals surface area (Å²) in [6, 6.07) is 7.67. The van der Waals surface area contributed by atoms with Crippen LogP contribution in [-0.2, 0) is 11.3 Å². The van der Waals surface area contributed by atoms with Crippen molar-refractivity contribution in [3.05, 3.63) is 35.4 Å². The second-order valence-electron chi connectivity index (χ2n) is 6.30. The van der Waals surface area contributed by atoms with E-state index in [0.29, 0.717) is 19.1 Å². The lowest BCUT2D eigenvalue weighted by atomic mass is 10.00. The number of rotatable bonds is 9. The summed E-state index contributed by atoms with van der Waals surface area (Å²) < 4.78 is 5.81. The third kappa shape index (κ3) is 5.72. The van der Waals surface area contributed by atoms with E-state index in [1.54, 1.807) is 0 Å². The van der Waals surface area contributed by atoms with Crippen LogP contribution in [0.1, 0.15) is 54.9 Å². The standard InChI is InChI=1S/C19H30N2O2/c1-2-14-23-17-9-12-21(13-10-17)11-5-8-19(22)18-7-4-3-6-16(18)15-20/h3-4,6-7,17H,2,5,8-15,20H2,1H3. The predicted octanol–water partition coefficient (Wildman–Crippen LogP) is 3.00. The fraction of sp³-hybridized carbons (Fsp3) is 0.632. The smallest absolute Gasteiger partial charge is 0.163 e. The molecule has 1 aliphatic heterocycles. The predicted molar refractivity (Wildman–Crippen MR) is 93.6 cm³/mol. The molecule has 1 aliphatic rings. The number of benzene rings is 1. The molecule has 1 saturated heterocycles. The summed E-state index contributed by atoms with van der Waals surface area (Å²) in [7, 11) is 0. The number of likely N-dealkylation sites (tertiary alicyclic amines) is 1. The maximum Gasteiger partial charge on any atom is 0.163 e. The van der Waals surface area contributed by atoms with Gasteiger partial charge in [-0.15, -0.1) is 0 Å². The van der Waals surface area contributed by atoms with E-state index in [9.17, 15) is 4.79 Å². The van der Waals surface area contributed by atoms with Crippen molar-refractivity contribution in [2.75, 3.05) is 26.2 Å². The Bertz CT molecular complexity index is 482. The molecular formula is C19H30N2O2. The molecule has 1 aromatic carbocycles. The molecule has 0 unspecified atom stereocenters. The van der Waals surface area contributed by atoms with Crippen molar-refractivity contribution in [3.63, 3.8) is 0 Å². The van der Waals surface area contributed by atoms with Crippen LogP contribution in [0.25, 0.3) is 0 Å². The van der Waals surface area contributed by atoms with Crippen LogP contribution in [-0.4, -0.2) is 43.0 Å². The highest BCUT2D eigenvalue weighted by Crippen LogP contribution is 2.16. The largest absolute Gasteiger partial charge is 0.378 e. The summed E-state index contributed by atoms with van der Waals surface area (Å²) in [5.74, 6) is 0.215. The maximum atomic E-state index is 12.3. The van der Waals surface area contributed by atoms with Crippen LogP contribution >= 0.6 is 0 Å². The molecule has 0 atom stereocenters. The number of ether oxygens (including phenoxy) is 1. The summed E-state index contributed by atoms with van der Waals surface area (Å²) >= 11 is 0. The molecule has 1 aromatic rings. The summed E-state index contributed by atoms with van der Waals surface area (Å²) in [6.45, 7) is 6.61. The van der Waals surface area contributed by atoms with E-state index >= 15 is 0 Å². The van der Waals surface area contributed by atoms with Gasteiger partial charge in [0.2, 0.25) is 0 Å². The first-order valence-electron chi connectivity index (χ1n) is 8.89. The minimum atomic E-state index is 0.215. The third-order valence-corrected chi connectivity index (χ3v) is 4.51. The average molecular weight is 318 g/mol. The van der Waals surface area contributed by atoms with Crippen molar-refractivity contribution in [2.24, 2.45) is 5.73 Å². The van der Waals surface area contributed by atoms with Gasteiger partial charge in [-0.2, -0.15) is 0 Å². The second kappa shape index (κ2) is 9.81. The first-order chi connectivity index (χ1) is 11.2. The Kier molecular flexibility index (Phi) is 7.72. The molecule has 1 fully saturated rings. The molecule has 128 valence electrons. The molecule has 0 bridgehead atoms. The van der Waals surface area contributed by atoms with Crippen LogP contribution in [0.4, 0.5) is 0 Å². The van der Waals surface area contributed by atoms with Gasteiger partial charge in [-0.1, -0.05) is 31.2 Å². The number of nitrogens with two attached hydrogens (primary N) is 1. The van der Waals surface area contributed by atoms with E-state index in [0.717, 1.165) is 63.1 Å². The number of ketones is 1. The molecule has 0 amide bonds. The highest BCUT2D eigenvalue weighted by molar-refractivity contribution is 5.97. The van der Waals surface area contributed by atoms with Gasteiger partial charge in [-0.25, -0.2) is 0 Å². The number of carbonyl (C=O) groups is 1. The number of Topliss-reactive ketones (excluding diaryl/α,β-unsaturated/α-hetero) is 1. The first kappa shape index (κ1) is 18.1. The summed E-state index contributed by atoms with van der Waals surface area (Å²) in [6.07, 6.45) is 5.27. The maximum absolute atomic E-state index is 12.3. The van der Waals surface area contributed by atoms with Crippen LogP contribution in [0, 0.1) is 0 Å². The van der Waals surface area contributed by atoms with E-state index in [-0.39, 0.29) is 5.78 Å². The van der Waals surface area contributed by atoms with Crippen LogP contribution in [0.5, 0.6) is 0 Å². The Labute approximate surface area is 140 Å². The molecule has 0 saturated carbocycles. The van der Waals surface area contributed by atoms with Crippen LogP contribution in [0.15, 0.2) is 24.3 Å². The normalized spacial score (nSPS) is 16.6. The fourth-order valence-electron chi connectivity index (χ4n) is 3.15. The number of hydrogen-bond donors (Lipinski definition) is 1. The zero-order valence-electron chi connectivity index (χ0n) is 14.3. The minimum Gasteiger partial charge on any atom is -0.378 e. The Morgan fingerprint density at radius 2 is 2.04 bits per heavy atom. The molecule has 0 aliphatic carbocycles. The van der Waals surface area contributed by atoms with Gasteiger partial charge in [0.1, 0.15) is 0 Å². The van der Waals surface area contributed by atoms with Crippen molar-refractivity contribution in [1.82, 2.24) is 4.90 Å². The fourth-order valence-corrected chi connectivity index (χ4v) is 3.15. The Morgan fingerprint density at radius 1 is 1.30 bits per heavy atom. The molecule has 1 heterocycles. The van der Waals surface area contributed by atoms with Crippen LogP contribution < -0.4 is 5.73 Å². The molecule has 2 N–H and O–H groups in total. The Morgan fingerprint density at radius 3 is 2.74 bits per heavy atom. The lowest BCUT2D eigenvalue weighted by molar-refractivity contribution is 0.00768. The van der Waals surface area contributed by atoms with E-state index in [1.165, 1.54) is 0 Å². The highest BCUT2D eigenvalue weighted by atomic mass is 16.5. The van der Waals surface area contributed by atoms with Gasteiger partial charge in [-0.3, -0.25) is 4.79 Å². The van der Waals surface area contributed by atoms with Gasteiger partial charge in [0.05, 0.1) is 6.10 Å². The molecule has 0 radical (unpaired) electrons. The topological polar surface area (TPSA) is 55.6 Å². The molecule has 0 aromatic heterocycles. The van der Waals surface area contributed by atoms with Crippen molar-refractivity contribution in [2.45, 2.75) is 51.7 Å². The van der Waals surface area contributed by atoms with Gasteiger partial charge < -0.3 is 15.4 Å². The zero-order chi connectivity index (χ0) is 16.5. The lowest BCUT2D eigenvalue weighted by Crippen LogP contribution is -2.37. The zero-order valence-corrected chi connectivity index (χ0v) is 14.3. The van der Waals surface area contributed by atoms with Gasteiger partial charge in [-0.05, 0) is 37.8 Å². The lowest BCUT2D eigenvalue weighted by Gasteiger charge is -2.31. The summed E-state index contributed by atoms with van der Waals surface area (Å²) in [5.41, 5.74) is 7.45. The number of piperidine rings is 1. The molecule has 23 heavy (non-hydrogen) atoms. The molecule has 2 rings (SSSR count). The first-order valence-corrected chi connectivity index (χ1v) is 8.89. The van der Waals surface area contributed by atoms with Gasteiger partial charge in [0.15, 0.2) is 5.78 Å². The Hall–Kier alpha value is -1.23. The summed E-state index contributed by atoms with van der Waals surface area (Å²) in [5, 5.41) is 0. The van der Waals surface area contributed by atoms with Crippen LogP contribution in [0.2, 0.25) is 0 Å². The van der Waals surface area contributed by atoms with Crippen molar-refractivity contribution in [1.29, 1.82) is 0 Å². The number of nitrogens with zero attached hydrogens (tertiary/aromatic N) is 1. The molecule has 4 nitrogen and oxygen atoms in total. The molecule has 4 heteroatoms. The van der Waals surface area contributed by atoms with E-state index in [4.69, 9.17) is 10.5 Å². The highest BCUT2D eigenvalue weighted by Gasteiger charge is 2.19. The molecule has 0 spiro atoms. The minimum absolute atomic E-state index is 0.215. The van der Waals surface area contributed by atoms with Crippen molar-refractivity contribution in [3.8, 4) is 0 Å². The van der Waals surface area contributed by atoms with Crippen molar-refractivity contribution < 1.29 is 9.53 Å². The van der Waals surface area contributed by atoms with E-state index < -0.39 is 0 Å². The van der Waals surface area contributed by atoms with E-state index in [1.807, 2.05) is 24.3 Å².